The van der Waals surface area contributed by atoms with Gasteiger partial charge in [0.05, 0.1) is 0 Å². The third kappa shape index (κ3) is 2.93. The molecule has 0 aromatic heterocycles. The molecule has 0 radical (unpaired) electrons. The van der Waals surface area contributed by atoms with Crippen LogP contribution in [0.2, 0.25) is 0 Å². The van der Waals surface area contributed by atoms with E-state index in [0.717, 1.165) is 6.54 Å². The fourth-order valence-corrected chi connectivity index (χ4v) is 2.97. The average Bonchev–Trinajstić information content (AvgIpc) is 2.32. The summed E-state index contributed by atoms with van der Waals surface area (Å²) in [7, 11) is 6.55. The summed E-state index contributed by atoms with van der Waals surface area (Å²) in [6.07, 6.45) is 3.92. The van der Waals surface area contributed by atoms with E-state index >= 15 is 0 Å². The van der Waals surface area contributed by atoms with Crippen LogP contribution in [0.25, 0.3) is 0 Å². The summed E-state index contributed by atoms with van der Waals surface area (Å²) >= 11 is 0. The van der Waals surface area contributed by atoms with Gasteiger partial charge in [0.1, 0.15) is 5.75 Å². The van der Waals surface area contributed by atoms with Crippen molar-refractivity contribution in [2.24, 2.45) is 0 Å². The minimum atomic E-state index is 0.324. The lowest BCUT2D eigenvalue weighted by Gasteiger charge is -2.50. The standard InChI is InChI=1S/C16H26N2O/c1-13(14-7-5-8-15(19)11-14)18(4)12-16(17(2)3)9-6-10-16/h5,7-8,11,13,19H,6,9-10,12H2,1-4H3. The van der Waals surface area contributed by atoms with Crippen LogP contribution < -0.4 is 0 Å². The molecule has 3 heteroatoms. The molecule has 0 heterocycles. The Bertz CT molecular complexity index is 427. The van der Waals surface area contributed by atoms with Crippen molar-refractivity contribution in [1.29, 1.82) is 0 Å². The third-order valence-corrected chi connectivity index (χ3v) is 4.79. The van der Waals surface area contributed by atoms with Gasteiger partial charge in [0.2, 0.25) is 0 Å². The number of hydrogen-bond donors (Lipinski definition) is 1. The smallest absolute Gasteiger partial charge is 0.115 e. The molecule has 1 N–H and O–H groups in total. The first-order valence-electron chi connectivity index (χ1n) is 7.11. The van der Waals surface area contributed by atoms with Crippen LogP contribution in [-0.2, 0) is 0 Å². The van der Waals surface area contributed by atoms with E-state index in [9.17, 15) is 5.11 Å². The fraction of sp³-hybridized carbons (Fsp3) is 0.625. The first-order valence-corrected chi connectivity index (χ1v) is 7.11. The van der Waals surface area contributed by atoms with Gasteiger partial charge in [-0.25, -0.2) is 0 Å². The number of hydrogen-bond acceptors (Lipinski definition) is 3. The summed E-state index contributed by atoms with van der Waals surface area (Å²) in [5.74, 6) is 0.351. The Balaban J connectivity index is 2.05. The van der Waals surface area contributed by atoms with Crippen LogP contribution in [0.1, 0.15) is 37.8 Å². The predicted octanol–water partition coefficient (Wildman–Crippen LogP) is 2.87. The molecule has 1 aliphatic carbocycles. The zero-order valence-corrected chi connectivity index (χ0v) is 12.6. The first kappa shape index (κ1) is 14.4. The highest BCUT2D eigenvalue weighted by atomic mass is 16.3. The van der Waals surface area contributed by atoms with Crippen molar-refractivity contribution in [2.75, 3.05) is 27.7 Å². The Morgan fingerprint density at radius 3 is 2.42 bits per heavy atom. The van der Waals surface area contributed by atoms with E-state index in [2.05, 4.69) is 43.9 Å². The number of phenols is 1. The molecule has 19 heavy (non-hydrogen) atoms. The summed E-state index contributed by atoms with van der Waals surface area (Å²) < 4.78 is 0. The van der Waals surface area contributed by atoms with Gasteiger partial charge in [-0.2, -0.15) is 0 Å². The number of likely N-dealkylation sites (N-methyl/N-ethyl adjacent to an activating group) is 2. The molecule has 1 aliphatic rings. The molecule has 1 atom stereocenters. The summed E-state index contributed by atoms with van der Waals surface area (Å²) in [6.45, 7) is 3.29. The number of aromatic hydroxyl groups is 1. The molecule has 1 aromatic rings. The quantitative estimate of drug-likeness (QED) is 0.884. The normalized spacial score (nSPS) is 19.5. The van der Waals surface area contributed by atoms with E-state index in [-0.39, 0.29) is 0 Å². The molecule has 106 valence electrons. The number of phenolic OH excluding ortho intramolecular Hbond substituents is 1. The number of nitrogens with zero attached hydrogens (tertiary/aromatic N) is 2. The second-order valence-electron chi connectivity index (χ2n) is 6.16. The maximum Gasteiger partial charge on any atom is 0.115 e. The molecular weight excluding hydrogens is 236 g/mol. The molecule has 0 spiro atoms. The highest BCUT2D eigenvalue weighted by Gasteiger charge is 2.40. The first-order chi connectivity index (χ1) is 8.94. The van der Waals surface area contributed by atoms with Crippen LogP contribution in [0.5, 0.6) is 5.75 Å². The molecule has 0 bridgehead atoms. The van der Waals surface area contributed by atoms with Crippen molar-refractivity contribution >= 4 is 0 Å². The van der Waals surface area contributed by atoms with Gasteiger partial charge in [0.15, 0.2) is 0 Å². The van der Waals surface area contributed by atoms with Gasteiger partial charge in [-0.05, 0) is 65.0 Å². The lowest BCUT2D eigenvalue weighted by molar-refractivity contribution is 0.0179. The molecule has 2 rings (SSSR count). The van der Waals surface area contributed by atoms with E-state index in [0.29, 0.717) is 17.3 Å². The van der Waals surface area contributed by atoms with Crippen molar-refractivity contribution in [3.8, 4) is 5.75 Å². The van der Waals surface area contributed by atoms with Gasteiger partial charge < -0.3 is 10.0 Å². The van der Waals surface area contributed by atoms with Gasteiger partial charge >= 0.3 is 0 Å². The van der Waals surface area contributed by atoms with Crippen LogP contribution in [0.15, 0.2) is 24.3 Å². The second-order valence-corrected chi connectivity index (χ2v) is 6.16. The number of benzene rings is 1. The van der Waals surface area contributed by atoms with Crippen LogP contribution in [0.4, 0.5) is 0 Å². The Morgan fingerprint density at radius 2 is 1.95 bits per heavy atom. The second kappa shape index (κ2) is 5.51. The topological polar surface area (TPSA) is 26.7 Å². The summed E-state index contributed by atoms with van der Waals surface area (Å²) in [5, 5.41) is 9.60. The van der Waals surface area contributed by atoms with Crippen molar-refractivity contribution in [2.45, 2.75) is 37.8 Å². The number of rotatable bonds is 5. The van der Waals surface area contributed by atoms with E-state index in [1.165, 1.54) is 24.8 Å². The van der Waals surface area contributed by atoms with Gasteiger partial charge in [-0.1, -0.05) is 12.1 Å². The monoisotopic (exact) mass is 262 g/mol. The van der Waals surface area contributed by atoms with Crippen LogP contribution >= 0.6 is 0 Å². The summed E-state index contributed by atoms with van der Waals surface area (Å²) in [6, 6.07) is 7.92. The van der Waals surface area contributed by atoms with Crippen LogP contribution in [0.3, 0.4) is 0 Å². The Labute approximate surface area is 116 Å². The molecule has 1 unspecified atom stereocenters. The minimum absolute atomic E-state index is 0.324. The van der Waals surface area contributed by atoms with Gasteiger partial charge in [0.25, 0.3) is 0 Å². The lowest BCUT2D eigenvalue weighted by atomic mass is 9.75. The summed E-state index contributed by atoms with van der Waals surface area (Å²) in [5.41, 5.74) is 1.52. The molecule has 1 fully saturated rings. The van der Waals surface area contributed by atoms with Gasteiger partial charge in [-0.15, -0.1) is 0 Å². The van der Waals surface area contributed by atoms with E-state index in [1.807, 2.05) is 12.1 Å². The maximum atomic E-state index is 9.60. The Hall–Kier alpha value is -1.06. The summed E-state index contributed by atoms with van der Waals surface area (Å²) in [4.78, 5) is 4.77. The van der Waals surface area contributed by atoms with Crippen LogP contribution in [0, 0.1) is 0 Å². The maximum absolute atomic E-state index is 9.60. The highest BCUT2D eigenvalue weighted by Crippen LogP contribution is 2.38. The zero-order valence-electron chi connectivity index (χ0n) is 12.6. The molecule has 1 saturated carbocycles. The average molecular weight is 262 g/mol. The molecule has 0 aliphatic heterocycles. The van der Waals surface area contributed by atoms with E-state index < -0.39 is 0 Å². The van der Waals surface area contributed by atoms with Gasteiger partial charge in [-0.3, -0.25) is 4.90 Å². The van der Waals surface area contributed by atoms with Crippen LogP contribution in [-0.4, -0.2) is 48.1 Å². The van der Waals surface area contributed by atoms with Crippen molar-refractivity contribution in [1.82, 2.24) is 9.80 Å². The molecular formula is C16H26N2O. The molecule has 3 nitrogen and oxygen atoms in total. The Kier molecular flexibility index (Phi) is 4.16. The molecule has 1 aromatic carbocycles. The minimum Gasteiger partial charge on any atom is -0.508 e. The Morgan fingerprint density at radius 1 is 1.26 bits per heavy atom. The molecule has 0 amide bonds. The fourth-order valence-electron chi connectivity index (χ4n) is 2.97. The highest BCUT2D eigenvalue weighted by molar-refractivity contribution is 5.29. The van der Waals surface area contributed by atoms with Crippen molar-refractivity contribution in [3.63, 3.8) is 0 Å². The van der Waals surface area contributed by atoms with Gasteiger partial charge in [0, 0.05) is 18.1 Å². The largest absolute Gasteiger partial charge is 0.508 e. The predicted molar refractivity (Wildman–Crippen MR) is 79.4 cm³/mol. The third-order valence-electron chi connectivity index (χ3n) is 4.79. The SMILES string of the molecule is CC(c1cccc(O)c1)N(C)CC1(N(C)C)CCC1. The lowest BCUT2D eigenvalue weighted by Crippen LogP contribution is -2.56. The van der Waals surface area contributed by atoms with E-state index in [1.54, 1.807) is 6.07 Å². The van der Waals surface area contributed by atoms with Crippen molar-refractivity contribution in [3.05, 3.63) is 29.8 Å². The zero-order chi connectivity index (χ0) is 14.0. The van der Waals surface area contributed by atoms with E-state index in [4.69, 9.17) is 0 Å². The molecule has 0 saturated heterocycles. The van der Waals surface area contributed by atoms with Crippen molar-refractivity contribution < 1.29 is 5.11 Å².